The summed E-state index contributed by atoms with van der Waals surface area (Å²) in [6, 6.07) is 4.34. The second kappa shape index (κ2) is 28.8. The number of nitrogens with two attached hydrogens (primary N) is 3. The molecule has 0 aromatic carbocycles. The number of likely N-dealkylation sites (tertiary alicyclic amines) is 1. The van der Waals surface area contributed by atoms with E-state index in [2.05, 4.69) is 15.3 Å². The van der Waals surface area contributed by atoms with Gasteiger partial charge in [0.2, 0.25) is 17.7 Å². The fraction of sp³-hybridized carbons (Fsp3) is 0.533. The number of anilines is 1. The summed E-state index contributed by atoms with van der Waals surface area (Å²) in [4.78, 5) is 93.9. The third-order valence-corrected chi connectivity index (χ3v) is 13.0. The quantitative estimate of drug-likeness (QED) is 0.130. The first-order chi connectivity index (χ1) is 31.1. The Balaban J connectivity index is 0. The maximum atomic E-state index is 13.1. The third kappa shape index (κ3) is 17.8. The molecule has 3 amide bonds. The second-order valence-electron chi connectivity index (χ2n) is 17.3. The number of rotatable bonds is 11. The third-order valence-electron chi connectivity index (χ3n) is 10.7. The largest absolute Gasteiger partial charge is 0.466 e. The highest BCUT2D eigenvalue weighted by Crippen LogP contribution is 2.42. The van der Waals surface area contributed by atoms with Crippen LogP contribution < -0.4 is 33.8 Å². The zero-order valence-electron chi connectivity index (χ0n) is 40.6. The minimum atomic E-state index is -4.54. The Kier molecular flexibility index (Phi) is 27.8. The topological polar surface area (TPSA) is 283 Å². The van der Waals surface area contributed by atoms with Crippen LogP contribution in [0.3, 0.4) is 0 Å². The van der Waals surface area contributed by atoms with Gasteiger partial charge in [-0.3, -0.25) is 24.0 Å². The number of hydrogen-bond acceptors (Lipinski definition) is 17. The van der Waals surface area contributed by atoms with Gasteiger partial charge in [-0.1, -0.05) is 39.5 Å². The number of nitrogens with one attached hydrogen (secondary N) is 1. The van der Waals surface area contributed by atoms with E-state index in [0.29, 0.717) is 57.7 Å². The molecule has 4 atom stereocenters. The zero-order chi connectivity index (χ0) is 50.3. The highest BCUT2D eigenvalue weighted by atomic mass is 32.1. The molecule has 72 heavy (non-hydrogen) atoms. The van der Waals surface area contributed by atoms with Crippen LogP contribution in [0, 0.1) is 25.7 Å². The van der Waals surface area contributed by atoms with Crippen molar-refractivity contribution in [3.8, 4) is 20.9 Å². The van der Waals surface area contributed by atoms with E-state index in [-0.39, 0.29) is 122 Å². The van der Waals surface area contributed by atoms with Crippen molar-refractivity contribution in [2.45, 2.75) is 118 Å². The molecule has 0 saturated carbocycles. The van der Waals surface area contributed by atoms with Crippen LogP contribution in [-0.2, 0) is 50.7 Å². The van der Waals surface area contributed by atoms with Gasteiger partial charge >= 0.3 is 29.4 Å². The van der Waals surface area contributed by atoms with Gasteiger partial charge in [0.15, 0.2) is 5.13 Å². The van der Waals surface area contributed by atoms with Crippen LogP contribution >= 0.6 is 76.7 Å². The first-order valence-corrected chi connectivity index (χ1v) is 22.7. The van der Waals surface area contributed by atoms with E-state index in [1.165, 1.54) is 28.4 Å². The maximum Gasteiger partial charge on any atom is 0.400 e. The van der Waals surface area contributed by atoms with Gasteiger partial charge < -0.3 is 45.7 Å². The van der Waals surface area contributed by atoms with Crippen molar-refractivity contribution >= 4 is 111 Å². The first kappa shape index (κ1) is 69.5. The summed E-state index contributed by atoms with van der Waals surface area (Å²) in [5.41, 5.74) is 14.5. The molecule has 2 saturated heterocycles. The molecule has 406 valence electrons. The minimum Gasteiger partial charge on any atom is -0.466 e. The molecule has 0 aliphatic carbocycles. The predicted molar refractivity (Wildman–Crippen MR) is 291 cm³/mol. The molecule has 0 spiro atoms. The van der Waals surface area contributed by atoms with E-state index in [1.54, 1.807) is 20.8 Å². The molecule has 2 aliphatic heterocycles. The Hall–Kier alpha value is -4.54. The van der Waals surface area contributed by atoms with Crippen LogP contribution in [0.4, 0.5) is 18.3 Å². The molecule has 7 N–H and O–H groups in total. The number of nitrogen functional groups attached to an aromatic ring is 1. The number of aryl methyl sites for hydroxylation is 2. The summed E-state index contributed by atoms with van der Waals surface area (Å²) in [6.07, 6.45) is -3.98. The van der Waals surface area contributed by atoms with Gasteiger partial charge in [-0.25, -0.2) is 19.6 Å². The van der Waals surface area contributed by atoms with Crippen LogP contribution in [-0.4, -0.2) is 89.1 Å². The van der Waals surface area contributed by atoms with E-state index >= 15 is 0 Å². The number of ether oxygens (including phenoxy) is 2. The van der Waals surface area contributed by atoms with E-state index < -0.39 is 58.3 Å². The molecule has 27 heteroatoms. The average molecular weight is 1130 g/mol. The van der Waals surface area contributed by atoms with Crippen molar-refractivity contribution < 1.29 is 55.5 Å². The molecule has 4 aromatic rings. The predicted octanol–water partition coefficient (Wildman–Crippen LogP) is 5.77. The number of nitrogens with zero attached hydrogens (tertiary/aromatic N) is 3. The number of primary amides is 2. The van der Waals surface area contributed by atoms with E-state index in [4.69, 9.17) is 35.5 Å². The zero-order valence-corrected chi connectivity index (χ0v) is 46.2. The summed E-state index contributed by atoms with van der Waals surface area (Å²) in [7, 11) is 0. The highest BCUT2D eigenvalue weighted by molar-refractivity contribution is 7.59. The number of alkyl halides is 3. The van der Waals surface area contributed by atoms with Gasteiger partial charge in [-0.2, -0.15) is 67.2 Å². The Labute approximate surface area is 451 Å². The maximum absolute atomic E-state index is 13.1. The molecule has 2 aliphatic rings. The number of amides is 3. The number of esters is 2. The lowest BCUT2D eigenvalue weighted by atomic mass is 9.88. The van der Waals surface area contributed by atoms with Crippen molar-refractivity contribution in [1.82, 2.24) is 20.2 Å². The van der Waals surface area contributed by atoms with Crippen LogP contribution in [0.1, 0.15) is 96.7 Å². The van der Waals surface area contributed by atoms with Crippen molar-refractivity contribution in [2.75, 3.05) is 32.0 Å². The standard InChI is InChI=1S/C23H29N3O6S.C13H13F3N2O2S.C8H14N2O3.CH4.4H2S/c1-6-31-22(30)14-7-15(21(24)29)26(11-14)18(27)10-17-25-12(2)20(33-17)13-8-16(23(3,4)5)32-19(28)9-13;1-6-10(21-11(17)18-6)7-4-8(20-9(19)5-7)12(2,3)13(14,15)16;1-2-13-8(12)5-3-6(7(9)11)10-4-5;;;;;/h8-9,14-15H,6-7,10-11H2,1-5H3,(H2,24,29);4-5H,1-3H3,(H2,17,18);5-6,10H,2-4H2,1H3,(H2,9,11);1H4;4*1H2/t14-,15-;;5-,6-;;;;;/m0.0...../s1. The summed E-state index contributed by atoms with van der Waals surface area (Å²) in [5.74, 6) is -2.79. The van der Waals surface area contributed by atoms with E-state index in [9.17, 15) is 46.7 Å². The molecule has 0 bridgehead atoms. The minimum absolute atomic E-state index is 0. The van der Waals surface area contributed by atoms with Crippen LogP contribution in [0.2, 0.25) is 0 Å². The molecule has 4 aromatic heterocycles. The van der Waals surface area contributed by atoms with Crippen LogP contribution in [0.15, 0.2) is 42.7 Å². The Morgan fingerprint density at radius 2 is 1.25 bits per heavy atom. The number of carbonyl (C=O) groups excluding carboxylic acids is 5. The molecular formula is C45H68F3N7O11S6. The fourth-order valence-electron chi connectivity index (χ4n) is 6.95. The summed E-state index contributed by atoms with van der Waals surface area (Å²) >= 11 is 2.41. The SMILES string of the molecule is C.CCOC(=O)[C@@H]1CN[C@H](C(N)=O)C1.CCOC(=O)[C@H]1C[C@@H](C(N)=O)N(C(=O)Cc2nc(C)c(-c3cc(C(C)(C)C)oc(=O)c3)s2)C1.Cc1nc(N)sc1-c1cc(C(C)(C)C(F)(F)F)oc(=O)c1.S.S.S.S. The lowest BCUT2D eigenvalue weighted by Gasteiger charge is -2.26. The number of carbonyl (C=O) groups is 5. The van der Waals surface area contributed by atoms with E-state index in [0.717, 1.165) is 36.1 Å². The summed E-state index contributed by atoms with van der Waals surface area (Å²) in [6.45, 7) is 15.9. The number of hydrogen-bond donors (Lipinski definition) is 4. The summed E-state index contributed by atoms with van der Waals surface area (Å²) in [5, 5.41) is 3.70. The first-order valence-electron chi connectivity index (χ1n) is 21.1. The normalized spacial score (nSPS) is 17.0. The van der Waals surface area contributed by atoms with Gasteiger partial charge in [-0.05, 0) is 66.5 Å². The Morgan fingerprint density at radius 1 is 0.764 bits per heavy atom. The van der Waals surface area contributed by atoms with Gasteiger partial charge in [0, 0.05) is 41.8 Å². The molecule has 0 radical (unpaired) electrons. The van der Waals surface area contributed by atoms with Crippen LogP contribution in [0.5, 0.6) is 0 Å². The lowest BCUT2D eigenvalue weighted by Crippen LogP contribution is -2.44. The highest BCUT2D eigenvalue weighted by Gasteiger charge is 2.51. The van der Waals surface area contributed by atoms with Gasteiger partial charge in [0.25, 0.3) is 0 Å². The summed E-state index contributed by atoms with van der Waals surface area (Å²) < 4.78 is 59.2. The van der Waals surface area contributed by atoms with Crippen molar-refractivity contribution in [3.63, 3.8) is 0 Å². The Bertz CT molecular complexity index is 2600. The van der Waals surface area contributed by atoms with Gasteiger partial charge in [0.1, 0.15) is 28.0 Å². The van der Waals surface area contributed by atoms with E-state index in [1.807, 2.05) is 33.8 Å². The molecule has 6 rings (SSSR count). The molecular weight excluding hydrogens is 1060 g/mol. The monoisotopic (exact) mass is 1130 g/mol. The second-order valence-corrected chi connectivity index (χ2v) is 19.4. The molecule has 2 fully saturated rings. The molecule has 0 unspecified atom stereocenters. The Morgan fingerprint density at radius 3 is 1.69 bits per heavy atom. The van der Waals surface area contributed by atoms with Gasteiger partial charge in [-0.15, -0.1) is 11.3 Å². The number of thiazole rings is 2. The van der Waals surface area contributed by atoms with Crippen molar-refractivity contribution in [1.29, 1.82) is 0 Å². The average Bonchev–Trinajstić information content (AvgIpc) is 4.04. The molecule has 18 nitrogen and oxygen atoms in total. The smallest absolute Gasteiger partial charge is 0.400 e. The van der Waals surface area contributed by atoms with Crippen LogP contribution in [0.25, 0.3) is 20.9 Å². The lowest BCUT2D eigenvalue weighted by molar-refractivity contribution is -0.185. The van der Waals surface area contributed by atoms with Crippen molar-refractivity contribution in [2.24, 2.45) is 23.3 Å². The van der Waals surface area contributed by atoms with Crippen molar-refractivity contribution in [3.05, 3.63) is 73.0 Å². The number of halogens is 3. The van der Waals surface area contributed by atoms with Gasteiger partial charge in [0.05, 0.1) is 58.7 Å². The number of aromatic nitrogens is 2. The molecule has 6 heterocycles. The fourth-order valence-corrected chi connectivity index (χ4v) is 8.81.